The number of esters is 2. The standard InChI is InChI=1S/C27H40O5/c1-9-17(2)25(30)31-13-11-18(3)23(32-21(6)28)16-27(8)19(4)10-12-26(7)20(5)14-22(29)15-24(26)27/h9,11,14,19,23-24H,10,12-13,15-16H2,1-8H3/b17-9-,18-11+/t19-,23+,24+,26+,27-/m1/s1. The van der Waals surface area contributed by atoms with Crippen molar-refractivity contribution in [1.29, 1.82) is 0 Å². The van der Waals surface area contributed by atoms with Crippen LogP contribution >= 0.6 is 0 Å². The molecule has 0 aromatic heterocycles. The van der Waals surface area contributed by atoms with Gasteiger partial charge in [0.2, 0.25) is 0 Å². The molecule has 2 aliphatic rings. The van der Waals surface area contributed by atoms with Crippen LogP contribution in [0.5, 0.6) is 0 Å². The van der Waals surface area contributed by atoms with Crippen LogP contribution in [-0.4, -0.2) is 30.4 Å². The van der Waals surface area contributed by atoms with E-state index in [1.807, 2.05) is 19.1 Å². The zero-order valence-electron chi connectivity index (χ0n) is 21.0. The van der Waals surface area contributed by atoms with Gasteiger partial charge >= 0.3 is 11.9 Å². The molecule has 5 nitrogen and oxygen atoms in total. The molecule has 0 amide bonds. The number of ketones is 1. The van der Waals surface area contributed by atoms with E-state index in [4.69, 9.17) is 9.47 Å². The van der Waals surface area contributed by atoms with Gasteiger partial charge in [0.25, 0.3) is 0 Å². The highest BCUT2D eigenvalue weighted by molar-refractivity contribution is 5.92. The molecule has 2 rings (SSSR count). The minimum Gasteiger partial charge on any atom is -0.458 e. The van der Waals surface area contributed by atoms with Crippen LogP contribution < -0.4 is 0 Å². The molecule has 5 heteroatoms. The predicted octanol–water partition coefficient (Wildman–Crippen LogP) is 5.74. The van der Waals surface area contributed by atoms with E-state index in [0.717, 1.165) is 18.4 Å². The summed E-state index contributed by atoms with van der Waals surface area (Å²) in [6.45, 7) is 15.8. The third-order valence-corrected chi connectivity index (χ3v) is 8.29. The van der Waals surface area contributed by atoms with Crippen molar-refractivity contribution in [2.75, 3.05) is 6.61 Å². The fraction of sp³-hybridized carbons (Fsp3) is 0.667. The van der Waals surface area contributed by atoms with Gasteiger partial charge in [-0.25, -0.2) is 4.79 Å². The molecular formula is C27H40O5. The summed E-state index contributed by atoms with van der Waals surface area (Å²) in [5.41, 5.74) is 2.39. The summed E-state index contributed by atoms with van der Waals surface area (Å²) in [5, 5.41) is 0. The van der Waals surface area contributed by atoms with Crippen molar-refractivity contribution in [3.05, 3.63) is 34.9 Å². The molecule has 1 fully saturated rings. The molecule has 0 aliphatic heterocycles. The van der Waals surface area contributed by atoms with Crippen molar-refractivity contribution >= 4 is 17.7 Å². The molecule has 0 unspecified atom stereocenters. The number of allylic oxidation sites excluding steroid dienone is 3. The Hall–Kier alpha value is -2.17. The van der Waals surface area contributed by atoms with E-state index in [9.17, 15) is 14.4 Å². The average molecular weight is 445 g/mol. The van der Waals surface area contributed by atoms with E-state index in [2.05, 4.69) is 27.7 Å². The van der Waals surface area contributed by atoms with Crippen LogP contribution in [0.2, 0.25) is 0 Å². The molecule has 5 atom stereocenters. The van der Waals surface area contributed by atoms with Crippen LogP contribution in [0.15, 0.2) is 34.9 Å². The zero-order chi connectivity index (χ0) is 24.3. The van der Waals surface area contributed by atoms with Gasteiger partial charge in [-0.3, -0.25) is 9.59 Å². The Morgan fingerprint density at radius 2 is 1.91 bits per heavy atom. The number of hydrogen-bond acceptors (Lipinski definition) is 5. The summed E-state index contributed by atoms with van der Waals surface area (Å²) in [6, 6.07) is 0. The maximum atomic E-state index is 12.5. The molecule has 0 aromatic carbocycles. The van der Waals surface area contributed by atoms with Gasteiger partial charge in [0.05, 0.1) is 0 Å². The van der Waals surface area contributed by atoms with E-state index in [0.29, 0.717) is 24.3 Å². The lowest BCUT2D eigenvalue weighted by Crippen LogP contribution is -2.52. The van der Waals surface area contributed by atoms with Gasteiger partial charge in [0.1, 0.15) is 12.7 Å². The van der Waals surface area contributed by atoms with Gasteiger partial charge in [-0.05, 0) is 87.3 Å². The smallest absolute Gasteiger partial charge is 0.333 e. The summed E-state index contributed by atoms with van der Waals surface area (Å²) in [5.74, 6) is 0.0766. The van der Waals surface area contributed by atoms with Crippen molar-refractivity contribution < 1.29 is 23.9 Å². The highest BCUT2D eigenvalue weighted by atomic mass is 16.5. The van der Waals surface area contributed by atoms with Crippen molar-refractivity contribution in [3.8, 4) is 0 Å². The number of carbonyl (C=O) groups excluding carboxylic acids is 3. The molecule has 32 heavy (non-hydrogen) atoms. The quantitative estimate of drug-likeness (QED) is 0.284. The monoisotopic (exact) mass is 444 g/mol. The van der Waals surface area contributed by atoms with Gasteiger partial charge in [-0.1, -0.05) is 32.4 Å². The Kier molecular flexibility index (Phi) is 8.30. The Labute approximate surface area is 193 Å². The van der Waals surface area contributed by atoms with Crippen LogP contribution in [0.3, 0.4) is 0 Å². The Balaban J connectivity index is 2.30. The third kappa shape index (κ3) is 5.41. The lowest BCUT2D eigenvalue weighted by molar-refractivity contribution is -0.150. The fourth-order valence-corrected chi connectivity index (χ4v) is 5.54. The molecule has 178 valence electrons. The van der Waals surface area contributed by atoms with Gasteiger partial charge in [-0.2, -0.15) is 0 Å². The van der Waals surface area contributed by atoms with Crippen LogP contribution in [0, 0.1) is 22.7 Å². The van der Waals surface area contributed by atoms with Crippen molar-refractivity contribution in [3.63, 3.8) is 0 Å². The topological polar surface area (TPSA) is 69.7 Å². The third-order valence-electron chi connectivity index (χ3n) is 8.29. The minimum absolute atomic E-state index is 0.0207. The highest BCUT2D eigenvalue weighted by Gasteiger charge is 2.55. The number of hydrogen-bond donors (Lipinski definition) is 0. The van der Waals surface area contributed by atoms with Crippen LogP contribution in [0.1, 0.15) is 81.1 Å². The molecule has 0 bridgehead atoms. The number of carbonyl (C=O) groups is 3. The zero-order valence-corrected chi connectivity index (χ0v) is 21.0. The first kappa shape index (κ1) is 26.1. The molecule has 0 N–H and O–H groups in total. The maximum Gasteiger partial charge on any atom is 0.333 e. The molecule has 0 aromatic rings. The molecular weight excluding hydrogens is 404 g/mol. The van der Waals surface area contributed by atoms with E-state index in [-0.39, 0.29) is 41.1 Å². The Bertz CT molecular complexity index is 848. The van der Waals surface area contributed by atoms with Gasteiger partial charge in [0.15, 0.2) is 5.78 Å². The number of fused-ring (bicyclic) bond motifs is 1. The summed E-state index contributed by atoms with van der Waals surface area (Å²) in [4.78, 5) is 36.4. The SMILES string of the molecule is C/C=C(/C)C(=O)OC/C=C(\C)[C@H](C[C@]1(C)[C@H](C)CC[C@@]2(C)C(C)=CC(=O)C[C@H]12)OC(C)=O. The average Bonchev–Trinajstić information content (AvgIpc) is 2.71. The van der Waals surface area contributed by atoms with Crippen molar-refractivity contribution in [2.24, 2.45) is 22.7 Å². The molecule has 0 heterocycles. The molecule has 0 saturated heterocycles. The largest absolute Gasteiger partial charge is 0.458 e. The molecule has 1 saturated carbocycles. The Morgan fingerprint density at radius 1 is 1.25 bits per heavy atom. The Morgan fingerprint density at radius 3 is 2.50 bits per heavy atom. The number of ether oxygens (including phenoxy) is 2. The second-order valence-corrected chi connectivity index (χ2v) is 10.2. The van der Waals surface area contributed by atoms with Crippen molar-refractivity contribution in [1.82, 2.24) is 0 Å². The summed E-state index contributed by atoms with van der Waals surface area (Å²) < 4.78 is 11.1. The van der Waals surface area contributed by atoms with Gasteiger partial charge in [-0.15, -0.1) is 0 Å². The predicted molar refractivity (Wildman–Crippen MR) is 126 cm³/mol. The second kappa shape index (κ2) is 10.2. The second-order valence-electron chi connectivity index (χ2n) is 10.2. The fourth-order valence-electron chi connectivity index (χ4n) is 5.54. The van der Waals surface area contributed by atoms with E-state index < -0.39 is 6.10 Å². The van der Waals surface area contributed by atoms with Gasteiger partial charge < -0.3 is 9.47 Å². The highest BCUT2D eigenvalue weighted by Crippen LogP contribution is 2.61. The summed E-state index contributed by atoms with van der Waals surface area (Å²) >= 11 is 0. The molecule has 0 spiro atoms. The first-order chi connectivity index (χ1) is 14.8. The number of rotatable bonds is 7. The van der Waals surface area contributed by atoms with E-state index in [1.54, 1.807) is 19.9 Å². The van der Waals surface area contributed by atoms with Crippen molar-refractivity contribution in [2.45, 2.75) is 87.2 Å². The lowest BCUT2D eigenvalue weighted by atomic mass is 9.46. The van der Waals surface area contributed by atoms with Crippen LogP contribution in [0.4, 0.5) is 0 Å². The first-order valence-corrected chi connectivity index (χ1v) is 11.7. The molecule has 0 radical (unpaired) electrons. The molecule has 2 aliphatic carbocycles. The van der Waals surface area contributed by atoms with E-state index in [1.165, 1.54) is 12.5 Å². The van der Waals surface area contributed by atoms with Gasteiger partial charge in [0, 0.05) is 18.9 Å². The lowest BCUT2D eigenvalue weighted by Gasteiger charge is -2.58. The van der Waals surface area contributed by atoms with Crippen LogP contribution in [-0.2, 0) is 23.9 Å². The normalized spacial score (nSPS) is 32.0. The first-order valence-electron chi connectivity index (χ1n) is 11.7. The summed E-state index contributed by atoms with van der Waals surface area (Å²) in [6.07, 6.45) is 8.24. The van der Waals surface area contributed by atoms with E-state index >= 15 is 0 Å². The van der Waals surface area contributed by atoms with Crippen LogP contribution in [0.25, 0.3) is 0 Å². The summed E-state index contributed by atoms with van der Waals surface area (Å²) in [7, 11) is 0. The minimum atomic E-state index is -0.426. The maximum absolute atomic E-state index is 12.5.